The lowest BCUT2D eigenvalue weighted by molar-refractivity contribution is 0.536. The fourth-order valence-corrected chi connectivity index (χ4v) is 2.46. The molecule has 3 heteroatoms. The molecule has 1 unspecified atom stereocenters. The molecule has 0 bridgehead atoms. The average Bonchev–Trinajstić information content (AvgIpc) is 2.17. The van der Waals surface area contributed by atoms with Crippen molar-refractivity contribution in [1.82, 2.24) is 0 Å². The zero-order chi connectivity index (χ0) is 9.97. The van der Waals surface area contributed by atoms with Gasteiger partial charge in [0.15, 0.2) is 0 Å². The smallest absolute Gasteiger partial charge is 0.0353 e. The molecule has 2 nitrogen and oxygen atoms in total. The van der Waals surface area contributed by atoms with Gasteiger partial charge >= 0.3 is 0 Å². The molecule has 1 atom stereocenters. The molecule has 0 amide bonds. The molecule has 0 aliphatic heterocycles. The third kappa shape index (κ3) is 2.22. The lowest BCUT2D eigenvalue weighted by Gasteiger charge is -2.16. The number of aryl methyl sites for hydroxylation is 2. The lowest BCUT2D eigenvalue weighted by Crippen LogP contribution is -2.04. The van der Waals surface area contributed by atoms with E-state index < -0.39 is 11.1 Å². The van der Waals surface area contributed by atoms with E-state index in [4.69, 9.17) is 0 Å². The highest BCUT2D eigenvalue weighted by molar-refractivity contribution is 7.78. The summed E-state index contributed by atoms with van der Waals surface area (Å²) in [6.07, 6.45) is 4.75. The summed E-state index contributed by atoms with van der Waals surface area (Å²) >= 11 is -1.97. The van der Waals surface area contributed by atoms with Gasteiger partial charge in [-0.3, -0.25) is 4.21 Å². The van der Waals surface area contributed by atoms with Crippen molar-refractivity contribution in [3.05, 3.63) is 34.9 Å². The van der Waals surface area contributed by atoms with Gasteiger partial charge in [-0.05, 0) is 42.4 Å². The zero-order valence-corrected chi connectivity index (χ0v) is 8.81. The van der Waals surface area contributed by atoms with Gasteiger partial charge in [-0.1, -0.05) is 29.3 Å². The van der Waals surface area contributed by atoms with Gasteiger partial charge in [0.05, 0.1) is 0 Å². The van der Waals surface area contributed by atoms with Crippen LogP contribution in [0.1, 0.15) is 29.5 Å². The lowest BCUT2D eigenvalue weighted by atomic mass is 9.91. The Hall–Kier alpha value is -0.670. The molecule has 0 saturated carbocycles. The van der Waals surface area contributed by atoms with Crippen LogP contribution in [0.15, 0.2) is 18.2 Å². The van der Waals surface area contributed by atoms with Crippen molar-refractivity contribution in [2.75, 3.05) is 0 Å². The second kappa shape index (κ2) is 4.24. The predicted octanol–water partition coefficient (Wildman–Crippen LogP) is 1.94. The van der Waals surface area contributed by atoms with Gasteiger partial charge < -0.3 is 4.55 Å². The number of hydrogen-bond acceptors (Lipinski definition) is 2. The Bertz CT molecular complexity index is 360. The maximum atomic E-state index is 10.5. The molecule has 1 aromatic rings. The number of hydrogen-bond donors (Lipinski definition) is 0. The van der Waals surface area contributed by atoms with Crippen LogP contribution in [0.25, 0.3) is 0 Å². The van der Waals surface area contributed by atoms with Crippen molar-refractivity contribution >= 4 is 11.1 Å². The molecular formula is C11H13O2S-. The maximum absolute atomic E-state index is 10.5. The van der Waals surface area contributed by atoms with Crippen molar-refractivity contribution in [3.63, 3.8) is 0 Å². The first-order valence-electron chi connectivity index (χ1n) is 4.92. The van der Waals surface area contributed by atoms with E-state index in [-0.39, 0.29) is 5.75 Å². The second-order valence-electron chi connectivity index (χ2n) is 3.76. The molecule has 0 N–H and O–H groups in total. The van der Waals surface area contributed by atoms with Gasteiger partial charge in [0, 0.05) is 5.75 Å². The van der Waals surface area contributed by atoms with E-state index in [9.17, 15) is 8.76 Å². The van der Waals surface area contributed by atoms with Gasteiger partial charge in [0.2, 0.25) is 0 Å². The van der Waals surface area contributed by atoms with E-state index in [0.717, 1.165) is 18.4 Å². The van der Waals surface area contributed by atoms with Crippen LogP contribution in [-0.2, 0) is 29.7 Å². The zero-order valence-electron chi connectivity index (χ0n) is 7.99. The molecule has 76 valence electrons. The molecule has 0 heterocycles. The first-order valence-corrected chi connectivity index (χ1v) is 6.16. The van der Waals surface area contributed by atoms with Crippen molar-refractivity contribution in [2.24, 2.45) is 0 Å². The van der Waals surface area contributed by atoms with Crippen LogP contribution in [0.5, 0.6) is 0 Å². The van der Waals surface area contributed by atoms with E-state index in [1.54, 1.807) is 0 Å². The minimum atomic E-state index is -1.97. The van der Waals surface area contributed by atoms with Crippen molar-refractivity contribution in [1.29, 1.82) is 0 Å². The van der Waals surface area contributed by atoms with Crippen LogP contribution in [-0.4, -0.2) is 8.76 Å². The number of fused-ring (bicyclic) bond motifs is 1. The van der Waals surface area contributed by atoms with Crippen LogP contribution in [0.3, 0.4) is 0 Å². The summed E-state index contributed by atoms with van der Waals surface area (Å²) in [6.45, 7) is 0. The van der Waals surface area contributed by atoms with E-state index in [0.29, 0.717) is 0 Å². The summed E-state index contributed by atoms with van der Waals surface area (Å²) in [5.41, 5.74) is 3.66. The van der Waals surface area contributed by atoms with Crippen LogP contribution in [0.4, 0.5) is 0 Å². The average molecular weight is 209 g/mol. The molecule has 0 fully saturated rings. The van der Waals surface area contributed by atoms with Gasteiger partial charge in [-0.2, -0.15) is 0 Å². The quantitative estimate of drug-likeness (QED) is 0.698. The van der Waals surface area contributed by atoms with Crippen molar-refractivity contribution in [2.45, 2.75) is 31.4 Å². The third-order valence-electron chi connectivity index (χ3n) is 2.70. The summed E-state index contributed by atoms with van der Waals surface area (Å²) < 4.78 is 21.1. The largest absolute Gasteiger partial charge is 0.772 e. The number of benzene rings is 1. The second-order valence-corrected chi connectivity index (χ2v) is 4.65. The van der Waals surface area contributed by atoms with E-state index >= 15 is 0 Å². The Morgan fingerprint density at radius 1 is 1.21 bits per heavy atom. The molecular weight excluding hydrogens is 196 g/mol. The predicted molar refractivity (Wildman–Crippen MR) is 55.7 cm³/mol. The Morgan fingerprint density at radius 3 is 2.64 bits per heavy atom. The van der Waals surface area contributed by atoms with E-state index in [2.05, 4.69) is 6.07 Å². The van der Waals surface area contributed by atoms with Crippen LogP contribution in [0.2, 0.25) is 0 Å². The highest BCUT2D eigenvalue weighted by atomic mass is 32.2. The third-order valence-corrected chi connectivity index (χ3v) is 3.27. The standard InChI is InChI=1S/C11H14O2S/c12-14(13)8-9-5-6-10-3-1-2-4-11(10)7-9/h5-7H,1-4,8H2,(H,12,13)/p-1. The summed E-state index contributed by atoms with van der Waals surface area (Å²) in [7, 11) is 0. The minimum absolute atomic E-state index is 0.146. The van der Waals surface area contributed by atoms with E-state index in [1.807, 2.05) is 12.1 Å². The van der Waals surface area contributed by atoms with Gasteiger partial charge in [-0.25, -0.2) is 0 Å². The summed E-state index contributed by atoms with van der Waals surface area (Å²) in [6, 6.07) is 6.06. The highest BCUT2D eigenvalue weighted by Crippen LogP contribution is 2.22. The first kappa shape index (κ1) is 9.87. The molecule has 1 aromatic carbocycles. The maximum Gasteiger partial charge on any atom is 0.0353 e. The number of rotatable bonds is 2. The first-order chi connectivity index (χ1) is 6.75. The van der Waals surface area contributed by atoms with Gasteiger partial charge in [0.25, 0.3) is 0 Å². The van der Waals surface area contributed by atoms with Crippen molar-refractivity contribution < 1.29 is 8.76 Å². The van der Waals surface area contributed by atoms with Crippen LogP contribution >= 0.6 is 0 Å². The summed E-state index contributed by atoms with van der Waals surface area (Å²) in [5.74, 6) is 0.146. The Kier molecular flexibility index (Phi) is 2.99. The van der Waals surface area contributed by atoms with Gasteiger partial charge in [0.1, 0.15) is 0 Å². The summed E-state index contributed by atoms with van der Waals surface area (Å²) in [4.78, 5) is 0. The monoisotopic (exact) mass is 209 g/mol. The van der Waals surface area contributed by atoms with E-state index in [1.165, 1.54) is 24.0 Å². The minimum Gasteiger partial charge on any atom is -0.772 e. The summed E-state index contributed by atoms with van der Waals surface area (Å²) in [5, 5.41) is 0. The Labute approximate surface area is 86.6 Å². The topological polar surface area (TPSA) is 40.1 Å². The van der Waals surface area contributed by atoms with Crippen LogP contribution in [0, 0.1) is 0 Å². The van der Waals surface area contributed by atoms with Gasteiger partial charge in [-0.15, -0.1) is 0 Å². The molecule has 0 aromatic heterocycles. The normalized spacial score (nSPS) is 17.5. The Morgan fingerprint density at radius 2 is 1.93 bits per heavy atom. The fraction of sp³-hybridized carbons (Fsp3) is 0.455. The SMILES string of the molecule is O=S([O-])Cc1ccc2c(c1)CCCC2. The Balaban J connectivity index is 2.24. The molecule has 2 rings (SSSR count). The molecule has 0 spiro atoms. The fourth-order valence-electron chi connectivity index (χ4n) is 2.01. The molecule has 0 saturated heterocycles. The molecule has 1 aliphatic carbocycles. The highest BCUT2D eigenvalue weighted by Gasteiger charge is 2.08. The molecule has 1 aliphatic rings. The molecule has 0 radical (unpaired) electrons. The molecule has 14 heavy (non-hydrogen) atoms. The van der Waals surface area contributed by atoms with Crippen molar-refractivity contribution in [3.8, 4) is 0 Å². The van der Waals surface area contributed by atoms with Crippen LogP contribution < -0.4 is 0 Å².